The van der Waals surface area contributed by atoms with Crippen LogP contribution in [0.3, 0.4) is 0 Å². The van der Waals surface area contributed by atoms with Gasteiger partial charge < -0.3 is 20.5 Å². The second-order valence-corrected chi connectivity index (χ2v) is 6.15. The maximum Gasteiger partial charge on any atom is 0.239 e. The Labute approximate surface area is 138 Å². The Morgan fingerprint density at radius 3 is 3.22 bits per heavy atom. The normalized spacial score (nSPS) is 17.3. The number of thiazole rings is 1. The number of nitrogens with zero attached hydrogens (tertiary/aromatic N) is 1. The van der Waals surface area contributed by atoms with Crippen LogP contribution in [0.2, 0.25) is 0 Å². The Kier molecular flexibility index (Phi) is 5.35. The van der Waals surface area contributed by atoms with Gasteiger partial charge in [0, 0.05) is 17.6 Å². The molecule has 1 aromatic carbocycles. The minimum Gasteiger partial charge on any atom is -0.379 e. The fraction of sp³-hybridized carbons (Fsp3) is 0.375. The Balaban J connectivity index is 1.65. The van der Waals surface area contributed by atoms with Crippen LogP contribution in [0.4, 0.5) is 5.13 Å². The SMILES string of the molecule is NCC(=O)Nc1nc(-c2cccc(COC3CCOC3)c2)cs1. The van der Waals surface area contributed by atoms with Crippen molar-refractivity contribution in [3.05, 3.63) is 35.2 Å². The third kappa shape index (κ3) is 4.35. The number of benzene rings is 1. The zero-order valence-electron chi connectivity index (χ0n) is 12.7. The lowest BCUT2D eigenvalue weighted by Crippen LogP contribution is -2.21. The number of carbonyl (C=O) groups excluding carboxylic acids is 1. The van der Waals surface area contributed by atoms with Crippen molar-refractivity contribution in [2.45, 2.75) is 19.1 Å². The van der Waals surface area contributed by atoms with E-state index in [9.17, 15) is 4.79 Å². The second-order valence-electron chi connectivity index (χ2n) is 5.29. The molecule has 0 aliphatic carbocycles. The van der Waals surface area contributed by atoms with Gasteiger partial charge in [0.1, 0.15) is 0 Å². The highest BCUT2D eigenvalue weighted by Crippen LogP contribution is 2.26. The van der Waals surface area contributed by atoms with Gasteiger partial charge in [0.15, 0.2) is 5.13 Å². The number of ether oxygens (including phenoxy) is 2. The molecule has 23 heavy (non-hydrogen) atoms. The van der Waals surface area contributed by atoms with Gasteiger partial charge in [0.25, 0.3) is 0 Å². The number of hydrogen-bond donors (Lipinski definition) is 2. The smallest absolute Gasteiger partial charge is 0.239 e. The third-order valence-corrected chi connectivity index (χ3v) is 4.29. The van der Waals surface area contributed by atoms with Crippen LogP contribution in [0.15, 0.2) is 29.6 Å². The standard InChI is InChI=1S/C16H19N3O3S/c17-7-15(20)19-16-18-14(10-23-16)12-3-1-2-11(6-12)8-22-13-4-5-21-9-13/h1-3,6,10,13H,4-5,7-9,17H2,(H,18,19,20). The van der Waals surface area contributed by atoms with Crippen molar-refractivity contribution in [2.75, 3.05) is 25.1 Å². The highest BCUT2D eigenvalue weighted by atomic mass is 32.1. The van der Waals surface area contributed by atoms with E-state index in [4.69, 9.17) is 15.2 Å². The summed E-state index contributed by atoms with van der Waals surface area (Å²) in [6.45, 7) is 1.96. The van der Waals surface area contributed by atoms with Crippen molar-refractivity contribution in [1.82, 2.24) is 4.98 Å². The van der Waals surface area contributed by atoms with Gasteiger partial charge in [-0.15, -0.1) is 11.3 Å². The van der Waals surface area contributed by atoms with Crippen LogP contribution in [0.25, 0.3) is 11.3 Å². The number of nitrogens with one attached hydrogen (secondary N) is 1. The summed E-state index contributed by atoms with van der Waals surface area (Å²) < 4.78 is 11.1. The van der Waals surface area contributed by atoms with Crippen LogP contribution < -0.4 is 11.1 Å². The number of carbonyl (C=O) groups is 1. The summed E-state index contributed by atoms with van der Waals surface area (Å²) in [6, 6.07) is 8.06. The number of anilines is 1. The molecule has 2 aromatic rings. The maximum atomic E-state index is 11.3. The van der Waals surface area contributed by atoms with Crippen molar-refractivity contribution < 1.29 is 14.3 Å². The molecule has 1 aromatic heterocycles. The molecular weight excluding hydrogens is 314 g/mol. The largest absolute Gasteiger partial charge is 0.379 e. The second kappa shape index (κ2) is 7.65. The van der Waals surface area contributed by atoms with E-state index in [0.717, 1.165) is 29.8 Å². The monoisotopic (exact) mass is 333 g/mol. The van der Waals surface area contributed by atoms with E-state index in [-0.39, 0.29) is 18.6 Å². The summed E-state index contributed by atoms with van der Waals surface area (Å²) in [4.78, 5) is 15.7. The van der Waals surface area contributed by atoms with Gasteiger partial charge in [-0.1, -0.05) is 18.2 Å². The molecule has 1 aliphatic heterocycles. The summed E-state index contributed by atoms with van der Waals surface area (Å²) >= 11 is 1.38. The molecule has 1 unspecified atom stereocenters. The summed E-state index contributed by atoms with van der Waals surface area (Å²) in [5.41, 5.74) is 8.20. The predicted octanol–water partition coefficient (Wildman–Crippen LogP) is 2.01. The molecule has 3 rings (SSSR count). The van der Waals surface area contributed by atoms with Crippen LogP contribution in [0.1, 0.15) is 12.0 Å². The van der Waals surface area contributed by atoms with E-state index in [2.05, 4.69) is 16.4 Å². The number of nitrogens with two attached hydrogens (primary N) is 1. The lowest BCUT2D eigenvalue weighted by Gasteiger charge is -2.10. The summed E-state index contributed by atoms with van der Waals surface area (Å²) in [7, 11) is 0. The Hall–Kier alpha value is -1.80. The average molecular weight is 333 g/mol. The summed E-state index contributed by atoms with van der Waals surface area (Å²) in [5.74, 6) is -0.244. The lowest BCUT2D eigenvalue weighted by atomic mass is 10.1. The van der Waals surface area contributed by atoms with E-state index < -0.39 is 0 Å². The van der Waals surface area contributed by atoms with Crippen molar-refractivity contribution >= 4 is 22.4 Å². The first-order valence-electron chi connectivity index (χ1n) is 7.48. The van der Waals surface area contributed by atoms with Crippen LogP contribution in [-0.4, -0.2) is 36.8 Å². The molecule has 6 nitrogen and oxygen atoms in total. The Morgan fingerprint density at radius 1 is 1.52 bits per heavy atom. The Morgan fingerprint density at radius 2 is 2.43 bits per heavy atom. The molecule has 0 radical (unpaired) electrons. The van der Waals surface area contributed by atoms with Gasteiger partial charge in [-0.2, -0.15) is 0 Å². The predicted molar refractivity (Wildman–Crippen MR) is 89.2 cm³/mol. The molecule has 1 aliphatic rings. The number of aromatic nitrogens is 1. The summed E-state index contributed by atoms with van der Waals surface area (Å²) in [6.07, 6.45) is 1.15. The minimum absolute atomic E-state index is 0.0490. The van der Waals surface area contributed by atoms with E-state index in [1.165, 1.54) is 11.3 Å². The molecule has 3 N–H and O–H groups in total. The van der Waals surface area contributed by atoms with Gasteiger partial charge in [0.05, 0.1) is 31.6 Å². The van der Waals surface area contributed by atoms with Crippen LogP contribution in [-0.2, 0) is 20.9 Å². The van der Waals surface area contributed by atoms with Gasteiger partial charge >= 0.3 is 0 Å². The molecule has 0 bridgehead atoms. The van der Waals surface area contributed by atoms with Crippen molar-refractivity contribution in [2.24, 2.45) is 5.73 Å². The zero-order chi connectivity index (χ0) is 16.1. The molecule has 0 spiro atoms. The maximum absolute atomic E-state index is 11.3. The van der Waals surface area contributed by atoms with Crippen LogP contribution in [0, 0.1) is 0 Å². The lowest BCUT2D eigenvalue weighted by molar-refractivity contribution is -0.114. The number of hydrogen-bond acceptors (Lipinski definition) is 6. The fourth-order valence-electron chi connectivity index (χ4n) is 2.31. The first kappa shape index (κ1) is 16.1. The molecule has 1 saturated heterocycles. The summed E-state index contributed by atoms with van der Waals surface area (Å²) in [5, 5.41) is 5.13. The van der Waals surface area contributed by atoms with Crippen LogP contribution >= 0.6 is 11.3 Å². The van der Waals surface area contributed by atoms with Gasteiger partial charge in [-0.3, -0.25) is 4.79 Å². The molecule has 1 fully saturated rings. The quantitative estimate of drug-likeness (QED) is 0.844. The molecule has 7 heteroatoms. The van der Waals surface area contributed by atoms with Gasteiger partial charge in [0.2, 0.25) is 5.91 Å². The molecule has 1 amide bonds. The van der Waals surface area contributed by atoms with Crippen molar-refractivity contribution in [1.29, 1.82) is 0 Å². The van der Waals surface area contributed by atoms with Crippen LogP contribution in [0.5, 0.6) is 0 Å². The first-order valence-corrected chi connectivity index (χ1v) is 8.36. The van der Waals surface area contributed by atoms with Crippen molar-refractivity contribution in [3.63, 3.8) is 0 Å². The fourth-order valence-corrected chi connectivity index (χ4v) is 3.05. The first-order chi connectivity index (χ1) is 11.2. The highest BCUT2D eigenvalue weighted by Gasteiger charge is 2.16. The van der Waals surface area contributed by atoms with E-state index in [1.54, 1.807) is 0 Å². The molecular formula is C16H19N3O3S. The zero-order valence-corrected chi connectivity index (χ0v) is 13.5. The minimum atomic E-state index is -0.244. The molecule has 1 atom stereocenters. The van der Waals surface area contributed by atoms with E-state index >= 15 is 0 Å². The highest BCUT2D eigenvalue weighted by molar-refractivity contribution is 7.14. The average Bonchev–Trinajstić information content (AvgIpc) is 3.25. The van der Waals surface area contributed by atoms with Gasteiger partial charge in [-0.25, -0.2) is 4.98 Å². The number of amides is 1. The third-order valence-electron chi connectivity index (χ3n) is 3.53. The molecule has 2 heterocycles. The van der Waals surface area contributed by atoms with E-state index in [1.807, 2.05) is 23.6 Å². The molecule has 122 valence electrons. The Bertz CT molecular complexity index is 668. The van der Waals surface area contributed by atoms with E-state index in [0.29, 0.717) is 18.3 Å². The number of rotatable bonds is 6. The molecule has 0 saturated carbocycles. The van der Waals surface area contributed by atoms with Gasteiger partial charge in [-0.05, 0) is 18.1 Å². The topological polar surface area (TPSA) is 86.5 Å². The van der Waals surface area contributed by atoms with Crippen molar-refractivity contribution in [3.8, 4) is 11.3 Å².